The highest BCUT2D eigenvalue weighted by Gasteiger charge is 2.01. The summed E-state index contributed by atoms with van der Waals surface area (Å²) in [6.07, 6.45) is -0.332. The number of rotatable bonds is 1. The van der Waals surface area contributed by atoms with E-state index in [1.54, 1.807) is 18.3 Å². The van der Waals surface area contributed by atoms with Crippen LogP contribution in [0.2, 0.25) is 0 Å². The molecule has 0 fully saturated rings. The van der Waals surface area contributed by atoms with Crippen molar-refractivity contribution in [3.63, 3.8) is 0 Å². The van der Waals surface area contributed by atoms with Crippen molar-refractivity contribution in [2.75, 3.05) is 0 Å². The van der Waals surface area contributed by atoms with Crippen LogP contribution >= 0.6 is 27.3 Å². The van der Waals surface area contributed by atoms with Crippen LogP contribution in [0.1, 0.15) is 17.9 Å². The topological polar surface area (TPSA) is 20.2 Å². The van der Waals surface area contributed by atoms with Crippen molar-refractivity contribution in [1.29, 1.82) is 0 Å². The Morgan fingerprint density at radius 3 is 2.67 bits per heavy atom. The van der Waals surface area contributed by atoms with Crippen LogP contribution in [-0.2, 0) is 0 Å². The first kappa shape index (κ1) is 7.25. The van der Waals surface area contributed by atoms with Crippen molar-refractivity contribution in [3.05, 3.63) is 20.8 Å². The summed E-state index contributed by atoms with van der Waals surface area (Å²) in [7, 11) is 0. The average Bonchev–Trinajstić information content (AvgIpc) is 2.14. The lowest BCUT2D eigenvalue weighted by molar-refractivity contribution is 0.203. The molecule has 1 aromatic heterocycles. The number of hydrogen-bond donors (Lipinski definition) is 1. The number of thiophene rings is 1. The fourth-order valence-electron chi connectivity index (χ4n) is 0.547. The Kier molecular flexibility index (Phi) is 2.27. The summed E-state index contributed by atoms with van der Waals surface area (Å²) in [5.41, 5.74) is 0. The molecule has 0 saturated heterocycles. The van der Waals surface area contributed by atoms with Crippen molar-refractivity contribution in [2.45, 2.75) is 13.0 Å². The van der Waals surface area contributed by atoms with Gasteiger partial charge in [-0.15, -0.1) is 11.3 Å². The molecule has 3 heteroatoms. The smallest absolute Gasteiger partial charge is 0.0854 e. The summed E-state index contributed by atoms with van der Waals surface area (Å²) >= 11 is 4.86. The Labute approximate surface area is 66.5 Å². The first-order valence-electron chi connectivity index (χ1n) is 2.62. The van der Waals surface area contributed by atoms with E-state index in [1.807, 2.05) is 11.4 Å². The maximum Gasteiger partial charge on any atom is 0.0854 e. The number of aliphatic hydroxyl groups excluding tert-OH is 1. The van der Waals surface area contributed by atoms with Crippen LogP contribution < -0.4 is 0 Å². The largest absolute Gasteiger partial charge is 0.388 e. The maximum atomic E-state index is 9.03. The van der Waals surface area contributed by atoms with Gasteiger partial charge in [-0.3, -0.25) is 0 Å². The van der Waals surface area contributed by atoms with E-state index in [0.29, 0.717) is 0 Å². The van der Waals surface area contributed by atoms with Gasteiger partial charge in [-0.2, -0.15) is 0 Å². The lowest BCUT2D eigenvalue weighted by atomic mass is 10.3. The second-order valence-corrected chi connectivity index (χ2v) is 3.70. The van der Waals surface area contributed by atoms with Gasteiger partial charge in [0.05, 0.1) is 6.10 Å². The van der Waals surface area contributed by atoms with Gasteiger partial charge < -0.3 is 5.11 Å². The Morgan fingerprint density at radius 2 is 2.44 bits per heavy atom. The van der Waals surface area contributed by atoms with E-state index < -0.39 is 0 Å². The molecule has 9 heavy (non-hydrogen) atoms. The maximum absolute atomic E-state index is 9.03. The standard InChI is InChI=1S/C6H7BrOS/c1-4(8)6-2-5(7)3-9-6/h2-4,8H,1H3/t4-/m1/s1. The number of hydrogen-bond acceptors (Lipinski definition) is 2. The molecule has 0 amide bonds. The first-order chi connectivity index (χ1) is 4.20. The highest BCUT2D eigenvalue weighted by Crippen LogP contribution is 2.24. The van der Waals surface area contributed by atoms with Crippen LogP contribution in [0.15, 0.2) is 15.9 Å². The monoisotopic (exact) mass is 206 g/mol. The van der Waals surface area contributed by atoms with Crippen molar-refractivity contribution in [3.8, 4) is 0 Å². The minimum atomic E-state index is -0.332. The number of aliphatic hydroxyl groups is 1. The van der Waals surface area contributed by atoms with Crippen LogP contribution in [0.3, 0.4) is 0 Å². The molecule has 1 atom stereocenters. The minimum absolute atomic E-state index is 0.332. The molecule has 50 valence electrons. The summed E-state index contributed by atoms with van der Waals surface area (Å²) in [5.74, 6) is 0. The molecule has 1 aromatic rings. The highest BCUT2D eigenvalue weighted by atomic mass is 79.9. The quantitative estimate of drug-likeness (QED) is 0.750. The normalized spacial score (nSPS) is 13.7. The number of halogens is 1. The van der Waals surface area contributed by atoms with Gasteiger partial charge >= 0.3 is 0 Å². The highest BCUT2D eigenvalue weighted by molar-refractivity contribution is 9.10. The van der Waals surface area contributed by atoms with Crippen molar-refractivity contribution >= 4 is 27.3 Å². The molecule has 0 spiro atoms. The van der Waals surface area contributed by atoms with E-state index >= 15 is 0 Å². The molecule has 1 heterocycles. The van der Waals surface area contributed by atoms with Crippen LogP contribution in [0.4, 0.5) is 0 Å². The van der Waals surface area contributed by atoms with Gasteiger partial charge in [0.1, 0.15) is 0 Å². The molecule has 0 unspecified atom stereocenters. The summed E-state index contributed by atoms with van der Waals surface area (Å²) in [5, 5.41) is 11.0. The second kappa shape index (κ2) is 2.82. The van der Waals surface area contributed by atoms with Crippen LogP contribution in [0.25, 0.3) is 0 Å². The molecule has 0 bridgehead atoms. The minimum Gasteiger partial charge on any atom is -0.388 e. The van der Waals surface area contributed by atoms with Crippen molar-refractivity contribution < 1.29 is 5.11 Å². The van der Waals surface area contributed by atoms with E-state index in [4.69, 9.17) is 5.11 Å². The second-order valence-electron chi connectivity index (χ2n) is 1.84. The molecule has 0 saturated carbocycles. The molecule has 1 N–H and O–H groups in total. The van der Waals surface area contributed by atoms with E-state index in [9.17, 15) is 0 Å². The van der Waals surface area contributed by atoms with E-state index in [2.05, 4.69) is 15.9 Å². The van der Waals surface area contributed by atoms with Gasteiger partial charge in [-0.25, -0.2) is 0 Å². The van der Waals surface area contributed by atoms with Crippen molar-refractivity contribution in [2.24, 2.45) is 0 Å². The summed E-state index contributed by atoms with van der Waals surface area (Å²) in [4.78, 5) is 1.00. The fourth-order valence-corrected chi connectivity index (χ4v) is 1.93. The summed E-state index contributed by atoms with van der Waals surface area (Å²) < 4.78 is 1.04. The Balaban J connectivity index is 2.85. The first-order valence-corrected chi connectivity index (χ1v) is 4.29. The van der Waals surface area contributed by atoms with Gasteiger partial charge in [0, 0.05) is 14.7 Å². The Bertz CT molecular complexity index is 195. The van der Waals surface area contributed by atoms with Crippen molar-refractivity contribution in [1.82, 2.24) is 0 Å². The molecule has 0 aromatic carbocycles. The molecule has 0 radical (unpaired) electrons. The fraction of sp³-hybridized carbons (Fsp3) is 0.333. The third-order valence-electron chi connectivity index (χ3n) is 0.999. The SMILES string of the molecule is C[C@@H](O)c1cc(Br)cs1. The Hall–Kier alpha value is 0.140. The average molecular weight is 207 g/mol. The predicted molar refractivity (Wildman–Crippen MR) is 42.7 cm³/mol. The third-order valence-corrected chi connectivity index (χ3v) is 2.86. The zero-order chi connectivity index (χ0) is 6.85. The molecule has 1 rings (SSSR count). The van der Waals surface area contributed by atoms with E-state index in [0.717, 1.165) is 9.35 Å². The summed E-state index contributed by atoms with van der Waals surface area (Å²) in [6.45, 7) is 1.76. The van der Waals surface area contributed by atoms with Gasteiger partial charge in [-0.05, 0) is 28.9 Å². The lowest BCUT2D eigenvalue weighted by Gasteiger charge is -1.95. The zero-order valence-corrected chi connectivity index (χ0v) is 7.37. The van der Waals surface area contributed by atoms with Gasteiger partial charge in [-0.1, -0.05) is 0 Å². The third kappa shape index (κ3) is 1.78. The molecule has 0 aliphatic heterocycles. The van der Waals surface area contributed by atoms with Gasteiger partial charge in [0.15, 0.2) is 0 Å². The predicted octanol–water partition coefficient (Wildman–Crippen LogP) is 2.56. The molecular formula is C6H7BrOS. The van der Waals surface area contributed by atoms with Gasteiger partial charge in [0.25, 0.3) is 0 Å². The molecule has 0 aliphatic rings. The van der Waals surface area contributed by atoms with Crippen LogP contribution in [0.5, 0.6) is 0 Å². The zero-order valence-electron chi connectivity index (χ0n) is 4.97. The van der Waals surface area contributed by atoms with Gasteiger partial charge in [0.2, 0.25) is 0 Å². The van der Waals surface area contributed by atoms with Crippen LogP contribution in [0, 0.1) is 0 Å². The van der Waals surface area contributed by atoms with E-state index in [1.165, 1.54) is 0 Å². The Morgan fingerprint density at radius 1 is 1.78 bits per heavy atom. The van der Waals surface area contributed by atoms with E-state index in [-0.39, 0.29) is 6.10 Å². The summed E-state index contributed by atoms with van der Waals surface area (Å²) in [6, 6.07) is 1.93. The van der Waals surface area contributed by atoms with Crippen LogP contribution in [-0.4, -0.2) is 5.11 Å². The molecular weight excluding hydrogens is 200 g/mol. The molecule has 0 aliphatic carbocycles. The molecule has 1 nitrogen and oxygen atoms in total. The lowest BCUT2D eigenvalue weighted by Crippen LogP contribution is -1.83.